The molecule has 0 bridgehead atoms. The lowest BCUT2D eigenvalue weighted by Gasteiger charge is -1.91. The van der Waals surface area contributed by atoms with Crippen LogP contribution in [0.5, 0.6) is 0 Å². The molecule has 68 valence electrons. The highest BCUT2D eigenvalue weighted by Crippen LogP contribution is 2.34. The van der Waals surface area contributed by atoms with Gasteiger partial charge in [0.25, 0.3) is 0 Å². The van der Waals surface area contributed by atoms with Crippen LogP contribution in [-0.4, -0.2) is 6.29 Å². The van der Waals surface area contributed by atoms with Crippen molar-refractivity contribution in [3.63, 3.8) is 0 Å². The lowest BCUT2D eigenvalue weighted by atomic mass is 10.1. The molecule has 0 fully saturated rings. The summed E-state index contributed by atoms with van der Waals surface area (Å²) in [5.74, 6) is 0. The monoisotopic (exact) mass is 219 g/mol. The molecule has 0 atom stereocenters. The maximum absolute atomic E-state index is 10.8. The van der Waals surface area contributed by atoms with Crippen molar-refractivity contribution in [2.45, 2.75) is 4.21 Å². The SMILES string of the molecule is N#Cc1cccc2c(C=O)c(S)sc12. The van der Waals surface area contributed by atoms with Gasteiger partial charge in [-0.2, -0.15) is 5.26 Å². The van der Waals surface area contributed by atoms with E-state index in [1.54, 1.807) is 12.1 Å². The standard InChI is InChI=1S/C10H5NOS2/c11-4-6-2-1-3-7-8(5-12)10(13)14-9(6)7/h1-3,5,13H. The summed E-state index contributed by atoms with van der Waals surface area (Å²) in [6.07, 6.45) is 0.780. The van der Waals surface area contributed by atoms with E-state index in [0.717, 1.165) is 16.4 Å². The molecule has 14 heavy (non-hydrogen) atoms. The molecule has 0 radical (unpaired) electrons. The molecular weight excluding hydrogens is 214 g/mol. The number of thiol groups is 1. The van der Waals surface area contributed by atoms with Gasteiger partial charge in [-0.15, -0.1) is 24.0 Å². The van der Waals surface area contributed by atoms with E-state index >= 15 is 0 Å². The van der Waals surface area contributed by atoms with E-state index < -0.39 is 0 Å². The van der Waals surface area contributed by atoms with Gasteiger partial charge in [0.2, 0.25) is 0 Å². The Morgan fingerprint density at radius 2 is 2.29 bits per heavy atom. The second-order valence-electron chi connectivity index (χ2n) is 2.73. The lowest BCUT2D eigenvalue weighted by molar-refractivity contribution is 0.112. The van der Waals surface area contributed by atoms with Gasteiger partial charge in [-0.1, -0.05) is 12.1 Å². The van der Waals surface area contributed by atoms with Crippen LogP contribution in [0.4, 0.5) is 0 Å². The number of nitrogens with zero attached hydrogens (tertiary/aromatic N) is 1. The molecule has 1 aromatic carbocycles. The van der Waals surface area contributed by atoms with E-state index in [1.165, 1.54) is 11.3 Å². The minimum Gasteiger partial charge on any atom is -0.298 e. The Bertz CT molecular complexity index is 551. The van der Waals surface area contributed by atoms with E-state index in [0.29, 0.717) is 15.3 Å². The molecule has 0 unspecified atom stereocenters. The Labute approximate surface area is 90.2 Å². The number of carbonyl (C=O) groups excluding carboxylic acids is 1. The first-order valence-electron chi connectivity index (χ1n) is 3.87. The van der Waals surface area contributed by atoms with Gasteiger partial charge in [-0.3, -0.25) is 4.79 Å². The Morgan fingerprint density at radius 3 is 2.93 bits per heavy atom. The summed E-state index contributed by atoms with van der Waals surface area (Å²) in [6.45, 7) is 0. The van der Waals surface area contributed by atoms with Gasteiger partial charge in [0.05, 0.1) is 14.5 Å². The molecule has 2 aromatic rings. The number of rotatable bonds is 1. The van der Waals surface area contributed by atoms with Crippen LogP contribution in [-0.2, 0) is 0 Å². The average Bonchev–Trinajstić information content (AvgIpc) is 2.52. The summed E-state index contributed by atoms with van der Waals surface area (Å²) in [6, 6.07) is 7.43. The molecule has 0 saturated carbocycles. The van der Waals surface area contributed by atoms with Crippen molar-refractivity contribution in [1.82, 2.24) is 0 Å². The Morgan fingerprint density at radius 1 is 1.50 bits per heavy atom. The molecule has 2 nitrogen and oxygen atoms in total. The number of hydrogen-bond acceptors (Lipinski definition) is 4. The molecular formula is C10H5NOS2. The first kappa shape index (κ1) is 9.25. The number of aldehydes is 1. The number of hydrogen-bond donors (Lipinski definition) is 1. The third kappa shape index (κ3) is 1.22. The molecule has 0 aliphatic carbocycles. The van der Waals surface area contributed by atoms with Crippen molar-refractivity contribution in [2.24, 2.45) is 0 Å². The number of benzene rings is 1. The van der Waals surface area contributed by atoms with Gasteiger partial charge in [0.15, 0.2) is 6.29 Å². The summed E-state index contributed by atoms with van der Waals surface area (Å²) in [5.41, 5.74) is 1.17. The fourth-order valence-electron chi connectivity index (χ4n) is 1.33. The van der Waals surface area contributed by atoms with Crippen molar-refractivity contribution in [1.29, 1.82) is 5.26 Å². The molecule has 1 aromatic heterocycles. The number of thiophene rings is 1. The van der Waals surface area contributed by atoms with Crippen LogP contribution in [0, 0.1) is 11.3 Å². The first-order chi connectivity index (χ1) is 6.77. The molecule has 4 heteroatoms. The Kier molecular flexibility index (Phi) is 2.28. The highest BCUT2D eigenvalue weighted by Gasteiger charge is 2.11. The third-order valence-corrected chi connectivity index (χ3v) is 3.54. The number of fused-ring (bicyclic) bond motifs is 1. The zero-order valence-corrected chi connectivity index (χ0v) is 8.73. The van der Waals surface area contributed by atoms with Crippen molar-refractivity contribution >= 4 is 40.3 Å². The Hall–Kier alpha value is -1.31. The number of carbonyl (C=O) groups is 1. The molecule has 2 rings (SSSR count). The van der Waals surface area contributed by atoms with Crippen LogP contribution in [0.15, 0.2) is 22.4 Å². The predicted octanol–water partition coefficient (Wildman–Crippen LogP) is 2.87. The maximum Gasteiger partial charge on any atom is 0.152 e. The van der Waals surface area contributed by atoms with E-state index in [9.17, 15) is 4.79 Å². The first-order valence-corrected chi connectivity index (χ1v) is 5.14. The van der Waals surface area contributed by atoms with E-state index in [4.69, 9.17) is 5.26 Å². The van der Waals surface area contributed by atoms with E-state index in [-0.39, 0.29) is 0 Å². The van der Waals surface area contributed by atoms with Crippen LogP contribution >= 0.6 is 24.0 Å². The summed E-state index contributed by atoms with van der Waals surface area (Å²) >= 11 is 5.57. The average molecular weight is 219 g/mol. The summed E-state index contributed by atoms with van der Waals surface area (Å²) < 4.78 is 1.50. The van der Waals surface area contributed by atoms with Gasteiger partial charge in [0, 0.05) is 10.9 Å². The summed E-state index contributed by atoms with van der Waals surface area (Å²) in [5, 5.41) is 9.67. The van der Waals surface area contributed by atoms with Crippen LogP contribution in [0.25, 0.3) is 10.1 Å². The minimum absolute atomic E-state index is 0.574. The van der Waals surface area contributed by atoms with Crippen LogP contribution in [0.1, 0.15) is 15.9 Å². The molecule has 0 saturated heterocycles. The lowest BCUT2D eigenvalue weighted by Crippen LogP contribution is -1.78. The van der Waals surface area contributed by atoms with Gasteiger partial charge in [-0.25, -0.2) is 0 Å². The smallest absolute Gasteiger partial charge is 0.152 e. The second-order valence-corrected chi connectivity index (χ2v) is 4.50. The van der Waals surface area contributed by atoms with Crippen molar-refractivity contribution in [3.8, 4) is 6.07 Å². The molecule has 0 amide bonds. The van der Waals surface area contributed by atoms with Crippen LogP contribution in [0.2, 0.25) is 0 Å². The van der Waals surface area contributed by atoms with E-state index in [1.807, 2.05) is 6.07 Å². The third-order valence-electron chi connectivity index (χ3n) is 1.97. The van der Waals surface area contributed by atoms with Gasteiger partial charge in [0.1, 0.15) is 6.07 Å². The highest BCUT2D eigenvalue weighted by molar-refractivity contribution is 7.83. The zero-order chi connectivity index (χ0) is 10.1. The summed E-state index contributed by atoms with van der Waals surface area (Å²) in [7, 11) is 0. The zero-order valence-electron chi connectivity index (χ0n) is 7.02. The summed E-state index contributed by atoms with van der Waals surface area (Å²) in [4.78, 5) is 10.8. The minimum atomic E-state index is 0.574. The second kappa shape index (κ2) is 3.45. The predicted molar refractivity (Wildman–Crippen MR) is 59.2 cm³/mol. The largest absolute Gasteiger partial charge is 0.298 e. The highest BCUT2D eigenvalue weighted by atomic mass is 32.2. The molecule has 0 aliphatic heterocycles. The molecule has 1 heterocycles. The van der Waals surface area contributed by atoms with E-state index in [2.05, 4.69) is 18.7 Å². The van der Waals surface area contributed by atoms with Crippen LogP contribution < -0.4 is 0 Å². The normalized spacial score (nSPS) is 10.0. The van der Waals surface area contributed by atoms with Crippen molar-refractivity contribution in [2.75, 3.05) is 0 Å². The van der Waals surface area contributed by atoms with Crippen molar-refractivity contribution < 1.29 is 4.79 Å². The topological polar surface area (TPSA) is 40.9 Å². The van der Waals surface area contributed by atoms with Gasteiger partial charge >= 0.3 is 0 Å². The molecule has 0 aliphatic rings. The Balaban J connectivity index is 2.94. The fraction of sp³-hybridized carbons (Fsp3) is 0. The quantitative estimate of drug-likeness (QED) is 0.592. The van der Waals surface area contributed by atoms with Gasteiger partial charge < -0.3 is 0 Å². The maximum atomic E-state index is 10.8. The fourth-order valence-corrected chi connectivity index (χ4v) is 2.75. The molecule has 0 spiro atoms. The number of nitriles is 1. The van der Waals surface area contributed by atoms with Gasteiger partial charge in [-0.05, 0) is 6.07 Å². The van der Waals surface area contributed by atoms with Crippen LogP contribution in [0.3, 0.4) is 0 Å². The molecule has 0 N–H and O–H groups in total. The van der Waals surface area contributed by atoms with Crippen molar-refractivity contribution in [3.05, 3.63) is 29.3 Å².